The summed E-state index contributed by atoms with van der Waals surface area (Å²) in [6.45, 7) is 6.61. The molecule has 116 valence electrons. The van der Waals surface area contributed by atoms with Crippen LogP contribution < -0.4 is 5.32 Å². The van der Waals surface area contributed by atoms with Crippen LogP contribution in [0.1, 0.15) is 38.1 Å². The standard InChI is InChI=1S/C17H20N2O3/c1-16(2,15(21)22)17(3,4)19-14(20)12-7-8-13-11(10-12)6-5-9-18-13/h5-10H,1-4H3,(H,19,20)(H,21,22). The van der Waals surface area contributed by atoms with Crippen molar-refractivity contribution in [3.63, 3.8) is 0 Å². The first-order valence-corrected chi connectivity index (χ1v) is 7.06. The molecule has 1 amide bonds. The van der Waals surface area contributed by atoms with Crippen LogP contribution in [0.25, 0.3) is 10.9 Å². The van der Waals surface area contributed by atoms with Crippen LogP contribution in [0.5, 0.6) is 0 Å². The van der Waals surface area contributed by atoms with Crippen LogP contribution in [-0.2, 0) is 4.79 Å². The highest BCUT2D eigenvalue weighted by Crippen LogP contribution is 2.31. The Morgan fingerprint density at radius 3 is 2.45 bits per heavy atom. The molecule has 0 bridgehead atoms. The summed E-state index contributed by atoms with van der Waals surface area (Å²) in [5.74, 6) is -1.26. The second-order valence-corrected chi connectivity index (χ2v) is 6.42. The van der Waals surface area contributed by atoms with Gasteiger partial charge in [-0.2, -0.15) is 0 Å². The molecule has 1 aromatic heterocycles. The van der Waals surface area contributed by atoms with Gasteiger partial charge in [0, 0.05) is 17.1 Å². The SMILES string of the molecule is CC(C)(NC(=O)c1ccc2ncccc2c1)C(C)(C)C(=O)O. The number of carboxylic acids is 1. The molecular weight excluding hydrogens is 280 g/mol. The average Bonchev–Trinajstić information content (AvgIpc) is 2.45. The third-order valence-electron chi connectivity index (χ3n) is 4.39. The van der Waals surface area contributed by atoms with Crippen molar-refractivity contribution in [3.8, 4) is 0 Å². The summed E-state index contributed by atoms with van der Waals surface area (Å²) in [6, 6.07) is 8.91. The van der Waals surface area contributed by atoms with Crippen LogP contribution >= 0.6 is 0 Å². The second kappa shape index (κ2) is 5.40. The molecule has 0 aliphatic rings. The Bertz CT molecular complexity index is 736. The zero-order chi connectivity index (χ0) is 16.5. The number of hydrogen-bond donors (Lipinski definition) is 2. The summed E-state index contributed by atoms with van der Waals surface area (Å²) in [7, 11) is 0. The fourth-order valence-corrected chi connectivity index (χ4v) is 2.00. The highest BCUT2D eigenvalue weighted by Gasteiger charge is 2.44. The van der Waals surface area contributed by atoms with E-state index in [9.17, 15) is 14.7 Å². The molecule has 0 fully saturated rings. The van der Waals surface area contributed by atoms with Crippen molar-refractivity contribution in [2.24, 2.45) is 5.41 Å². The van der Waals surface area contributed by atoms with Gasteiger partial charge in [-0.25, -0.2) is 0 Å². The summed E-state index contributed by atoms with van der Waals surface area (Å²) < 4.78 is 0. The van der Waals surface area contributed by atoms with Gasteiger partial charge in [-0.05, 0) is 52.0 Å². The number of aliphatic carboxylic acids is 1. The topological polar surface area (TPSA) is 79.3 Å². The Hall–Kier alpha value is -2.43. The zero-order valence-corrected chi connectivity index (χ0v) is 13.2. The van der Waals surface area contributed by atoms with Gasteiger partial charge in [-0.3, -0.25) is 14.6 Å². The van der Waals surface area contributed by atoms with Gasteiger partial charge in [0.25, 0.3) is 5.91 Å². The van der Waals surface area contributed by atoms with E-state index in [2.05, 4.69) is 10.3 Å². The van der Waals surface area contributed by atoms with Crippen molar-refractivity contribution >= 4 is 22.8 Å². The van der Waals surface area contributed by atoms with E-state index in [1.54, 1.807) is 52.1 Å². The molecule has 0 unspecified atom stereocenters. The normalized spacial score (nSPS) is 12.2. The van der Waals surface area contributed by atoms with Gasteiger partial charge in [0.15, 0.2) is 0 Å². The van der Waals surface area contributed by atoms with Crippen LogP contribution in [-0.4, -0.2) is 27.5 Å². The number of benzene rings is 1. The summed E-state index contributed by atoms with van der Waals surface area (Å²) in [4.78, 5) is 28.1. The highest BCUT2D eigenvalue weighted by molar-refractivity contribution is 5.98. The van der Waals surface area contributed by atoms with Crippen LogP contribution in [0.15, 0.2) is 36.5 Å². The summed E-state index contributed by atoms with van der Waals surface area (Å²) in [6.07, 6.45) is 1.70. The summed E-state index contributed by atoms with van der Waals surface area (Å²) in [5, 5.41) is 13.0. The van der Waals surface area contributed by atoms with E-state index in [0.29, 0.717) is 5.56 Å². The number of amides is 1. The first kappa shape index (κ1) is 15.9. The number of aromatic nitrogens is 1. The van der Waals surface area contributed by atoms with E-state index in [4.69, 9.17) is 0 Å². The molecule has 1 aromatic carbocycles. The molecule has 5 nitrogen and oxygen atoms in total. The lowest BCUT2D eigenvalue weighted by atomic mass is 9.74. The average molecular weight is 300 g/mol. The van der Waals surface area contributed by atoms with E-state index >= 15 is 0 Å². The number of nitrogens with zero attached hydrogens (tertiary/aromatic N) is 1. The zero-order valence-electron chi connectivity index (χ0n) is 13.2. The third kappa shape index (κ3) is 2.79. The van der Waals surface area contributed by atoms with E-state index in [1.165, 1.54) is 0 Å². The van der Waals surface area contributed by atoms with Gasteiger partial charge < -0.3 is 10.4 Å². The number of carbonyl (C=O) groups excluding carboxylic acids is 1. The molecule has 0 radical (unpaired) electrons. The van der Waals surface area contributed by atoms with E-state index in [0.717, 1.165) is 10.9 Å². The van der Waals surface area contributed by atoms with Gasteiger partial charge in [0.05, 0.1) is 16.5 Å². The highest BCUT2D eigenvalue weighted by atomic mass is 16.4. The first-order valence-electron chi connectivity index (χ1n) is 7.06. The smallest absolute Gasteiger partial charge is 0.311 e. The number of carbonyl (C=O) groups is 2. The number of fused-ring (bicyclic) bond motifs is 1. The number of hydrogen-bond acceptors (Lipinski definition) is 3. The lowest BCUT2D eigenvalue weighted by Crippen LogP contribution is -2.56. The Morgan fingerprint density at radius 1 is 1.14 bits per heavy atom. The predicted molar refractivity (Wildman–Crippen MR) is 84.7 cm³/mol. The maximum Gasteiger partial charge on any atom is 0.311 e. The Balaban J connectivity index is 2.29. The largest absolute Gasteiger partial charge is 0.481 e. The minimum atomic E-state index is -1.10. The lowest BCUT2D eigenvalue weighted by molar-refractivity contribution is -0.150. The molecule has 0 saturated carbocycles. The molecule has 0 aliphatic heterocycles. The minimum Gasteiger partial charge on any atom is -0.481 e. The van der Waals surface area contributed by atoms with Crippen LogP contribution in [0.2, 0.25) is 0 Å². The maximum absolute atomic E-state index is 12.4. The van der Waals surface area contributed by atoms with Gasteiger partial charge in [0.1, 0.15) is 0 Å². The fraction of sp³-hybridized carbons (Fsp3) is 0.353. The van der Waals surface area contributed by atoms with Crippen LogP contribution in [0, 0.1) is 5.41 Å². The minimum absolute atomic E-state index is 0.301. The predicted octanol–water partition coefficient (Wildman–Crippen LogP) is 2.85. The Morgan fingerprint density at radius 2 is 1.82 bits per heavy atom. The molecule has 0 aliphatic carbocycles. The maximum atomic E-state index is 12.4. The molecule has 5 heteroatoms. The fourth-order valence-electron chi connectivity index (χ4n) is 2.00. The number of carboxylic acid groups (broad SMARTS) is 1. The van der Waals surface area contributed by atoms with E-state index < -0.39 is 16.9 Å². The molecule has 0 atom stereocenters. The molecule has 0 saturated heterocycles. The van der Waals surface area contributed by atoms with Crippen LogP contribution in [0.3, 0.4) is 0 Å². The van der Waals surface area contributed by atoms with Crippen molar-refractivity contribution in [1.29, 1.82) is 0 Å². The van der Waals surface area contributed by atoms with Crippen molar-refractivity contribution < 1.29 is 14.7 Å². The van der Waals surface area contributed by atoms with Crippen molar-refractivity contribution in [1.82, 2.24) is 10.3 Å². The quantitative estimate of drug-likeness (QED) is 0.910. The molecule has 1 heterocycles. The second-order valence-electron chi connectivity index (χ2n) is 6.42. The molecule has 0 spiro atoms. The molecule has 2 aromatic rings. The van der Waals surface area contributed by atoms with E-state index in [-0.39, 0.29) is 5.91 Å². The monoisotopic (exact) mass is 300 g/mol. The Kier molecular flexibility index (Phi) is 3.92. The van der Waals surface area contributed by atoms with Crippen LogP contribution in [0.4, 0.5) is 0 Å². The molecule has 22 heavy (non-hydrogen) atoms. The third-order valence-corrected chi connectivity index (χ3v) is 4.39. The molecule has 2 rings (SSSR count). The van der Waals surface area contributed by atoms with Gasteiger partial charge >= 0.3 is 5.97 Å². The van der Waals surface area contributed by atoms with Crippen molar-refractivity contribution in [2.75, 3.05) is 0 Å². The number of pyridine rings is 1. The van der Waals surface area contributed by atoms with Gasteiger partial charge in [-0.1, -0.05) is 6.07 Å². The molecule has 2 N–H and O–H groups in total. The van der Waals surface area contributed by atoms with Gasteiger partial charge in [0.2, 0.25) is 0 Å². The van der Waals surface area contributed by atoms with Crippen molar-refractivity contribution in [3.05, 3.63) is 42.1 Å². The van der Waals surface area contributed by atoms with E-state index in [1.807, 2.05) is 12.1 Å². The molecular formula is C17H20N2O3. The van der Waals surface area contributed by atoms with Crippen molar-refractivity contribution in [2.45, 2.75) is 33.2 Å². The summed E-state index contributed by atoms with van der Waals surface area (Å²) >= 11 is 0. The number of nitrogens with one attached hydrogen (secondary N) is 1. The lowest BCUT2D eigenvalue weighted by Gasteiger charge is -2.38. The first-order chi connectivity index (χ1) is 10.1. The van der Waals surface area contributed by atoms with Gasteiger partial charge in [-0.15, -0.1) is 0 Å². The Labute approximate surface area is 129 Å². The summed E-state index contributed by atoms with van der Waals surface area (Å²) in [5.41, 5.74) is -0.708. The number of rotatable bonds is 4.